The van der Waals surface area contributed by atoms with E-state index in [9.17, 15) is 22.8 Å². The zero-order valence-electron chi connectivity index (χ0n) is 27.8. The van der Waals surface area contributed by atoms with Gasteiger partial charge in [-0.15, -0.1) is 11.3 Å². The molecule has 14 heteroatoms. The summed E-state index contributed by atoms with van der Waals surface area (Å²) in [5, 5.41) is 0.266. The Labute approximate surface area is 279 Å². The Balaban J connectivity index is 1.55. The Hall–Kier alpha value is -3.46. The number of oxazole rings is 1. The van der Waals surface area contributed by atoms with Crippen LogP contribution in [0.3, 0.4) is 0 Å². The van der Waals surface area contributed by atoms with Crippen LogP contribution in [-0.2, 0) is 26.3 Å². The maximum absolute atomic E-state index is 14.8. The second kappa shape index (κ2) is 13.1. The number of benzene rings is 1. The second-order valence-electron chi connectivity index (χ2n) is 14.1. The minimum absolute atomic E-state index is 0.0121. The zero-order chi connectivity index (χ0) is 34.5. The number of hydrogen-bond acceptors (Lipinski definition) is 9. The maximum Gasteiger partial charge on any atom is 0.387 e. The molecule has 2 aliphatic rings. The third-order valence-corrected chi connectivity index (χ3v) is 10.1. The van der Waals surface area contributed by atoms with Crippen LogP contribution < -0.4 is 16.0 Å². The Morgan fingerprint density at radius 3 is 2.44 bits per heavy atom. The summed E-state index contributed by atoms with van der Waals surface area (Å²) in [6, 6.07) is 3.25. The number of fused-ring (bicyclic) bond motifs is 3. The number of aromatic nitrogens is 3. The van der Waals surface area contributed by atoms with E-state index in [-0.39, 0.29) is 54.1 Å². The van der Waals surface area contributed by atoms with Crippen LogP contribution in [0.4, 0.5) is 13.2 Å². The molecule has 3 aromatic heterocycles. The molecule has 0 N–H and O–H groups in total. The lowest BCUT2D eigenvalue weighted by molar-refractivity contribution is -0.110. The summed E-state index contributed by atoms with van der Waals surface area (Å²) in [5.41, 5.74) is -2.28. The lowest BCUT2D eigenvalue weighted by Gasteiger charge is -2.33. The SMILES string of the molecule is Cc1c(-c2ncco2)sc2c1c(=O)n(C(C)(C)COC(C)(C)C)c(=O)n2C[C@H](OC1C[C@H]2CC[C@@H](C1)O2)c1cc(F)ccc1OC(F)F. The number of aryl methyl sites for hydroxylation is 1. The molecule has 10 nitrogen and oxygen atoms in total. The molecule has 0 spiro atoms. The first-order valence-corrected chi connectivity index (χ1v) is 16.8. The van der Waals surface area contributed by atoms with Gasteiger partial charge in [-0.1, -0.05) is 0 Å². The number of halogens is 3. The zero-order valence-corrected chi connectivity index (χ0v) is 28.6. The van der Waals surface area contributed by atoms with Crippen molar-refractivity contribution in [3.05, 3.63) is 68.4 Å². The molecule has 48 heavy (non-hydrogen) atoms. The van der Waals surface area contributed by atoms with Crippen molar-refractivity contribution in [2.24, 2.45) is 0 Å². The van der Waals surface area contributed by atoms with Crippen molar-refractivity contribution in [3.63, 3.8) is 0 Å². The summed E-state index contributed by atoms with van der Waals surface area (Å²) in [5.74, 6) is -0.684. The minimum Gasteiger partial charge on any atom is -0.444 e. The van der Waals surface area contributed by atoms with E-state index < -0.39 is 40.9 Å². The van der Waals surface area contributed by atoms with Crippen molar-refractivity contribution in [3.8, 4) is 16.5 Å². The molecule has 2 bridgehead atoms. The number of rotatable bonds is 11. The van der Waals surface area contributed by atoms with Crippen molar-refractivity contribution in [2.45, 2.75) is 116 Å². The summed E-state index contributed by atoms with van der Waals surface area (Å²) in [6.45, 7) is 7.47. The first-order chi connectivity index (χ1) is 22.6. The summed E-state index contributed by atoms with van der Waals surface area (Å²) in [4.78, 5) is 34.1. The fourth-order valence-corrected chi connectivity index (χ4v) is 7.79. The Morgan fingerprint density at radius 2 is 1.81 bits per heavy atom. The molecule has 2 aliphatic heterocycles. The van der Waals surface area contributed by atoms with Gasteiger partial charge < -0.3 is 23.4 Å². The molecular formula is C34H40F3N3O7S. The predicted octanol–water partition coefficient (Wildman–Crippen LogP) is 6.95. The Kier molecular flexibility index (Phi) is 9.39. The van der Waals surface area contributed by atoms with Crippen LogP contribution in [0.25, 0.3) is 21.0 Å². The molecule has 2 fully saturated rings. The second-order valence-corrected chi connectivity index (χ2v) is 15.1. The van der Waals surface area contributed by atoms with Gasteiger partial charge in [-0.25, -0.2) is 14.2 Å². The average Bonchev–Trinajstić information content (AvgIpc) is 3.73. The molecule has 1 unspecified atom stereocenters. The van der Waals surface area contributed by atoms with E-state index in [2.05, 4.69) is 4.98 Å². The fraction of sp³-hybridized carbons (Fsp3) is 0.559. The van der Waals surface area contributed by atoms with Crippen molar-refractivity contribution in [1.82, 2.24) is 14.1 Å². The third-order valence-electron chi connectivity index (χ3n) is 8.79. The molecular weight excluding hydrogens is 651 g/mol. The third kappa shape index (κ3) is 6.98. The largest absolute Gasteiger partial charge is 0.444 e. The highest BCUT2D eigenvalue weighted by Crippen LogP contribution is 2.40. The normalized spacial score (nSPS) is 20.6. The quantitative estimate of drug-likeness (QED) is 0.167. The lowest BCUT2D eigenvalue weighted by Crippen LogP contribution is -2.52. The van der Waals surface area contributed by atoms with E-state index in [0.717, 1.165) is 46.9 Å². The van der Waals surface area contributed by atoms with Crippen molar-refractivity contribution in [1.29, 1.82) is 0 Å². The summed E-state index contributed by atoms with van der Waals surface area (Å²) in [6.07, 6.45) is 4.27. The highest BCUT2D eigenvalue weighted by atomic mass is 32.1. The summed E-state index contributed by atoms with van der Waals surface area (Å²) in [7, 11) is 0. The molecule has 0 amide bonds. The average molecular weight is 692 g/mol. The molecule has 0 radical (unpaired) electrons. The number of ether oxygens (including phenoxy) is 4. The number of thiophene rings is 1. The monoisotopic (exact) mass is 691 g/mol. The van der Waals surface area contributed by atoms with Crippen LogP contribution >= 0.6 is 11.3 Å². The Morgan fingerprint density at radius 1 is 1.10 bits per heavy atom. The fourth-order valence-electron chi connectivity index (χ4n) is 6.55. The van der Waals surface area contributed by atoms with E-state index in [0.29, 0.717) is 28.1 Å². The van der Waals surface area contributed by atoms with Gasteiger partial charge in [0.25, 0.3) is 5.56 Å². The van der Waals surface area contributed by atoms with Crippen molar-refractivity contribution in [2.75, 3.05) is 6.61 Å². The summed E-state index contributed by atoms with van der Waals surface area (Å²) < 4.78 is 73.7. The van der Waals surface area contributed by atoms with E-state index in [4.69, 9.17) is 23.4 Å². The summed E-state index contributed by atoms with van der Waals surface area (Å²) >= 11 is 1.15. The van der Waals surface area contributed by atoms with Gasteiger partial charge in [0.2, 0.25) is 5.89 Å². The molecule has 5 heterocycles. The molecule has 2 saturated heterocycles. The predicted molar refractivity (Wildman–Crippen MR) is 173 cm³/mol. The molecule has 6 rings (SSSR count). The molecule has 1 aromatic carbocycles. The molecule has 0 aliphatic carbocycles. The highest BCUT2D eigenvalue weighted by molar-refractivity contribution is 7.22. The molecule has 4 atom stereocenters. The van der Waals surface area contributed by atoms with Crippen LogP contribution in [0.15, 0.2) is 44.7 Å². The van der Waals surface area contributed by atoms with Gasteiger partial charge >= 0.3 is 12.3 Å². The van der Waals surface area contributed by atoms with Gasteiger partial charge in [-0.3, -0.25) is 13.9 Å². The van der Waals surface area contributed by atoms with Crippen LogP contribution in [0, 0.1) is 12.7 Å². The van der Waals surface area contributed by atoms with Gasteiger partial charge in [0.15, 0.2) is 0 Å². The topological polar surface area (TPSA) is 107 Å². The van der Waals surface area contributed by atoms with Crippen molar-refractivity contribution < 1.29 is 36.5 Å². The van der Waals surface area contributed by atoms with Gasteiger partial charge in [0.1, 0.15) is 28.8 Å². The minimum atomic E-state index is -3.18. The van der Waals surface area contributed by atoms with Gasteiger partial charge in [0, 0.05) is 5.56 Å². The van der Waals surface area contributed by atoms with Crippen molar-refractivity contribution >= 4 is 21.6 Å². The standard InChI is InChI=1S/C34H40F3N3O7S/c1-18-26-29(41)40(34(5,6)17-44-33(2,3)4)32(42)39(30(26)48-27(18)28-38-11-12-43-28)16-25(46-22-14-20-8-9-21(15-22)45-20)23-13-19(35)7-10-24(23)47-31(36)37/h7,10-13,20-22,25,31H,8-9,14-17H2,1-6H3/t20-,21+,22?,25-/m0/s1. The van der Waals surface area contributed by atoms with Gasteiger partial charge in [-0.2, -0.15) is 8.78 Å². The first kappa shape index (κ1) is 34.4. The lowest BCUT2D eigenvalue weighted by atomic mass is 10.0. The smallest absolute Gasteiger partial charge is 0.387 e. The van der Waals surface area contributed by atoms with Gasteiger partial charge in [0.05, 0.1) is 59.1 Å². The van der Waals surface area contributed by atoms with Crippen LogP contribution in [0.5, 0.6) is 5.75 Å². The highest BCUT2D eigenvalue weighted by Gasteiger charge is 2.38. The number of hydrogen-bond donors (Lipinski definition) is 0. The van der Waals surface area contributed by atoms with Gasteiger partial charge in [-0.05, 0) is 91.0 Å². The molecule has 0 saturated carbocycles. The number of alkyl halides is 2. The first-order valence-electron chi connectivity index (χ1n) is 16.0. The maximum atomic E-state index is 14.8. The number of nitrogens with zero attached hydrogens (tertiary/aromatic N) is 3. The molecule has 4 aromatic rings. The van der Waals surface area contributed by atoms with E-state index in [1.165, 1.54) is 17.0 Å². The van der Waals surface area contributed by atoms with E-state index in [1.807, 2.05) is 20.8 Å². The van der Waals surface area contributed by atoms with E-state index in [1.54, 1.807) is 20.8 Å². The van der Waals surface area contributed by atoms with Crippen LogP contribution in [-0.4, -0.2) is 51.2 Å². The van der Waals surface area contributed by atoms with Crippen LogP contribution in [0.1, 0.15) is 77.5 Å². The van der Waals surface area contributed by atoms with E-state index >= 15 is 0 Å². The molecule has 260 valence electrons. The Bertz CT molecular complexity index is 1880. The van der Waals surface area contributed by atoms with Crippen LogP contribution in [0.2, 0.25) is 0 Å².